The van der Waals surface area contributed by atoms with Crippen molar-refractivity contribution in [2.75, 3.05) is 19.6 Å². The smallest absolute Gasteiger partial charge is 0.00965 e. The first-order valence-electron chi connectivity index (χ1n) is 6.77. The molecule has 0 spiro atoms. The van der Waals surface area contributed by atoms with Gasteiger partial charge in [-0.05, 0) is 57.0 Å². The highest BCUT2D eigenvalue weighted by atomic mass is 15.2. The molecule has 2 rings (SSSR count). The first-order chi connectivity index (χ1) is 7.33. The van der Waals surface area contributed by atoms with Gasteiger partial charge in [-0.1, -0.05) is 13.3 Å². The normalized spacial score (nSPS) is 23.4. The molecule has 0 saturated heterocycles. The van der Waals surface area contributed by atoms with Gasteiger partial charge in [-0.25, -0.2) is 0 Å². The van der Waals surface area contributed by atoms with Crippen molar-refractivity contribution in [1.82, 2.24) is 4.90 Å². The summed E-state index contributed by atoms with van der Waals surface area (Å²) in [7, 11) is 0. The first-order valence-corrected chi connectivity index (χ1v) is 6.77. The second kappa shape index (κ2) is 5.31. The van der Waals surface area contributed by atoms with Crippen molar-refractivity contribution < 1.29 is 0 Å². The van der Waals surface area contributed by atoms with Crippen molar-refractivity contribution >= 4 is 0 Å². The minimum Gasteiger partial charge on any atom is -0.330 e. The average Bonchev–Trinajstić information content (AvgIpc) is 3.11. The van der Waals surface area contributed by atoms with Crippen LogP contribution >= 0.6 is 0 Å². The maximum Gasteiger partial charge on any atom is 0.00965 e. The van der Waals surface area contributed by atoms with E-state index < -0.39 is 0 Å². The van der Waals surface area contributed by atoms with Crippen LogP contribution in [-0.2, 0) is 0 Å². The fourth-order valence-electron chi connectivity index (χ4n) is 2.33. The Hall–Kier alpha value is -0.0800. The van der Waals surface area contributed by atoms with E-state index in [0.29, 0.717) is 0 Å². The molecule has 2 N–H and O–H groups in total. The largest absolute Gasteiger partial charge is 0.330 e. The van der Waals surface area contributed by atoms with Crippen LogP contribution in [0.25, 0.3) is 0 Å². The van der Waals surface area contributed by atoms with Crippen molar-refractivity contribution in [2.45, 2.75) is 51.5 Å². The highest BCUT2D eigenvalue weighted by Gasteiger charge is 2.33. The van der Waals surface area contributed by atoms with Gasteiger partial charge in [0.1, 0.15) is 0 Å². The van der Waals surface area contributed by atoms with Crippen molar-refractivity contribution in [3.05, 3.63) is 0 Å². The highest BCUT2D eigenvalue weighted by molar-refractivity contribution is 4.88. The molecule has 0 aromatic heterocycles. The summed E-state index contributed by atoms with van der Waals surface area (Å²) in [6.07, 6.45) is 8.43. The van der Waals surface area contributed by atoms with Gasteiger partial charge in [0, 0.05) is 12.6 Å². The van der Waals surface area contributed by atoms with Gasteiger partial charge in [0.25, 0.3) is 0 Å². The van der Waals surface area contributed by atoms with Crippen LogP contribution in [0.4, 0.5) is 0 Å². The number of hydrogen-bond donors (Lipinski definition) is 1. The molecule has 0 amide bonds. The van der Waals surface area contributed by atoms with E-state index in [4.69, 9.17) is 5.73 Å². The topological polar surface area (TPSA) is 29.3 Å². The van der Waals surface area contributed by atoms with E-state index in [1.807, 2.05) is 0 Å². The number of nitrogens with zero attached hydrogens (tertiary/aromatic N) is 1. The average molecular weight is 210 g/mol. The van der Waals surface area contributed by atoms with E-state index in [-0.39, 0.29) is 0 Å². The summed E-state index contributed by atoms with van der Waals surface area (Å²) in [4.78, 5) is 2.75. The van der Waals surface area contributed by atoms with Crippen molar-refractivity contribution in [3.63, 3.8) is 0 Å². The molecular weight excluding hydrogens is 184 g/mol. The lowest BCUT2D eigenvalue weighted by Crippen LogP contribution is -2.31. The van der Waals surface area contributed by atoms with Crippen LogP contribution in [-0.4, -0.2) is 30.6 Å². The van der Waals surface area contributed by atoms with Crippen LogP contribution < -0.4 is 5.73 Å². The van der Waals surface area contributed by atoms with Crippen molar-refractivity contribution in [3.8, 4) is 0 Å². The highest BCUT2D eigenvalue weighted by Crippen LogP contribution is 2.35. The predicted octanol–water partition coefficient (Wildman–Crippen LogP) is 2.24. The number of hydrogen-bond acceptors (Lipinski definition) is 2. The van der Waals surface area contributed by atoms with Gasteiger partial charge in [-0.15, -0.1) is 0 Å². The fourth-order valence-corrected chi connectivity index (χ4v) is 2.33. The Bertz CT molecular complexity index is 181. The molecular formula is C13H26N2. The Morgan fingerprint density at radius 1 is 1.27 bits per heavy atom. The SMILES string of the molecule is CCC(CN)CCN(CC1CC1)C1CC1. The molecule has 0 aromatic carbocycles. The third kappa shape index (κ3) is 3.76. The van der Waals surface area contributed by atoms with E-state index in [2.05, 4.69) is 11.8 Å². The first kappa shape index (κ1) is 11.4. The molecule has 2 aliphatic carbocycles. The van der Waals surface area contributed by atoms with Gasteiger partial charge < -0.3 is 10.6 Å². The minimum atomic E-state index is 0.755. The molecule has 1 atom stereocenters. The fraction of sp³-hybridized carbons (Fsp3) is 1.00. The Morgan fingerprint density at radius 2 is 2.00 bits per heavy atom. The molecule has 88 valence electrons. The van der Waals surface area contributed by atoms with Gasteiger partial charge in [0.05, 0.1) is 0 Å². The monoisotopic (exact) mass is 210 g/mol. The van der Waals surface area contributed by atoms with Gasteiger partial charge in [0.15, 0.2) is 0 Å². The van der Waals surface area contributed by atoms with Gasteiger partial charge >= 0.3 is 0 Å². The molecule has 15 heavy (non-hydrogen) atoms. The number of nitrogens with two attached hydrogens (primary N) is 1. The minimum absolute atomic E-state index is 0.755. The van der Waals surface area contributed by atoms with Gasteiger partial charge in [-0.3, -0.25) is 0 Å². The maximum atomic E-state index is 5.76. The van der Waals surface area contributed by atoms with E-state index in [0.717, 1.165) is 24.4 Å². The van der Waals surface area contributed by atoms with Crippen LogP contribution in [0, 0.1) is 11.8 Å². The Balaban J connectivity index is 1.68. The molecule has 0 aromatic rings. The quantitative estimate of drug-likeness (QED) is 0.666. The van der Waals surface area contributed by atoms with E-state index in [1.165, 1.54) is 51.6 Å². The summed E-state index contributed by atoms with van der Waals surface area (Å²) in [5.74, 6) is 1.80. The zero-order chi connectivity index (χ0) is 10.7. The van der Waals surface area contributed by atoms with E-state index >= 15 is 0 Å². The second-order valence-electron chi connectivity index (χ2n) is 5.47. The summed E-state index contributed by atoms with van der Waals surface area (Å²) in [5.41, 5.74) is 5.76. The third-order valence-corrected chi connectivity index (χ3v) is 3.99. The van der Waals surface area contributed by atoms with E-state index in [1.54, 1.807) is 0 Å². The molecule has 2 heteroatoms. The lowest BCUT2D eigenvalue weighted by atomic mass is 10.0. The lowest BCUT2D eigenvalue weighted by Gasteiger charge is -2.24. The summed E-state index contributed by atoms with van der Waals surface area (Å²) in [5, 5.41) is 0. The maximum absolute atomic E-state index is 5.76. The number of rotatable bonds is 8. The summed E-state index contributed by atoms with van der Waals surface area (Å²) in [6.45, 7) is 5.82. The Labute approximate surface area is 94.2 Å². The molecule has 2 saturated carbocycles. The predicted molar refractivity (Wildman–Crippen MR) is 64.8 cm³/mol. The molecule has 1 unspecified atom stereocenters. The van der Waals surface area contributed by atoms with Crippen molar-refractivity contribution in [2.24, 2.45) is 17.6 Å². The van der Waals surface area contributed by atoms with E-state index in [9.17, 15) is 0 Å². The van der Waals surface area contributed by atoms with Gasteiger partial charge in [-0.2, -0.15) is 0 Å². The van der Waals surface area contributed by atoms with Gasteiger partial charge in [0.2, 0.25) is 0 Å². The molecule has 0 bridgehead atoms. The van der Waals surface area contributed by atoms with Crippen LogP contribution in [0.3, 0.4) is 0 Å². The van der Waals surface area contributed by atoms with Crippen LogP contribution in [0.2, 0.25) is 0 Å². The summed E-state index contributed by atoms with van der Waals surface area (Å²) in [6, 6.07) is 0.945. The molecule has 2 aliphatic rings. The molecule has 2 nitrogen and oxygen atoms in total. The Kier molecular flexibility index (Phi) is 4.04. The Morgan fingerprint density at radius 3 is 2.47 bits per heavy atom. The molecule has 2 fully saturated rings. The summed E-state index contributed by atoms with van der Waals surface area (Å²) >= 11 is 0. The van der Waals surface area contributed by atoms with Crippen LogP contribution in [0.15, 0.2) is 0 Å². The second-order valence-corrected chi connectivity index (χ2v) is 5.47. The van der Waals surface area contributed by atoms with Crippen LogP contribution in [0.5, 0.6) is 0 Å². The lowest BCUT2D eigenvalue weighted by molar-refractivity contribution is 0.232. The zero-order valence-electron chi connectivity index (χ0n) is 10.1. The van der Waals surface area contributed by atoms with Crippen molar-refractivity contribution in [1.29, 1.82) is 0 Å². The molecule has 0 aliphatic heterocycles. The zero-order valence-corrected chi connectivity index (χ0v) is 10.1. The summed E-state index contributed by atoms with van der Waals surface area (Å²) < 4.78 is 0. The standard InChI is InChI=1S/C13H26N2/c1-2-11(9-14)7-8-15(13-5-6-13)10-12-3-4-12/h11-13H,2-10,14H2,1H3. The van der Waals surface area contributed by atoms with Crippen LogP contribution in [0.1, 0.15) is 45.4 Å². The molecule has 0 radical (unpaired) electrons. The third-order valence-electron chi connectivity index (χ3n) is 3.99. The molecule has 0 heterocycles.